The average Bonchev–Trinajstić information content (AvgIpc) is 4.23. The van der Waals surface area contributed by atoms with Gasteiger partial charge in [0.05, 0.1) is 41.2 Å². The normalized spacial score (nSPS) is 15.6. The van der Waals surface area contributed by atoms with Gasteiger partial charge in [0, 0.05) is 72.3 Å². The molecular weight excluding hydrogens is 1120 g/mol. The number of benzene rings is 3. The smallest absolute Gasteiger partial charge is 0.243 e. The molecule has 3 fully saturated rings. The van der Waals surface area contributed by atoms with Gasteiger partial charge in [-0.1, -0.05) is 41.6 Å². The summed E-state index contributed by atoms with van der Waals surface area (Å²) < 4.78 is 107. The molecule has 3 saturated heterocycles. The fourth-order valence-corrected chi connectivity index (χ4v) is 18.1. The molecule has 3 N–H and O–H groups in total. The van der Waals surface area contributed by atoms with Crippen molar-refractivity contribution in [3.8, 4) is 0 Å². The molecule has 25 heteroatoms. The summed E-state index contributed by atoms with van der Waals surface area (Å²) in [6, 6.07) is 29.9. The van der Waals surface area contributed by atoms with E-state index in [-0.39, 0.29) is 26.5 Å². The van der Waals surface area contributed by atoms with E-state index in [9.17, 15) is 38.5 Å². The maximum atomic E-state index is 12.7. The number of thiol groups is 1. The summed E-state index contributed by atoms with van der Waals surface area (Å²) in [4.78, 5) is 18.3. The standard InChI is InChI=1S/C17H20N2O3S3.C15H18N2O4S3.C10H13NO2S2.C5H2ClNS/c1-13(20)18-12-15-7-8-17(24-15)23-14-5-4-6-16(11-14)25(21,22)19-9-2-3-10-19;16-11-12-6-7-15(22-12)23(18,19)13-4-3-5-14(10-13)24(20,21)17-8-1-2-9-17;12-15(13,11-6-1-2-7-11)10-5-3-4-9(14)8-10;1-7-5-3-2-4(6)8-5/h4-8,11H,2-3,9-10,12H2,1H3,(H,18,20);3-7,10H,1-2,8-9,11,16H2;3-5,8,14H,1-2,6-7H2;2-3H. The van der Waals surface area contributed by atoms with Crippen molar-refractivity contribution in [2.75, 3.05) is 39.3 Å². The number of sulfonamides is 3. The fraction of sp³-hybridized carbons (Fsp3) is 0.319. The Balaban J connectivity index is 0.000000167. The number of carbonyl (C=O) groups is 1. The third-order valence-corrected chi connectivity index (χ3v) is 23.6. The van der Waals surface area contributed by atoms with E-state index in [1.54, 1.807) is 76.3 Å². The van der Waals surface area contributed by atoms with Gasteiger partial charge in [-0.3, -0.25) is 4.79 Å². The molecule has 6 heterocycles. The molecule has 0 aliphatic carbocycles. The molecule has 0 unspecified atom stereocenters. The van der Waals surface area contributed by atoms with Crippen LogP contribution in [0, 0.1) is 6.57 Å². The SMILES string of the molecule is CC(=O)NCc1ccc(Sc2cccc(S(=O)(=O)N3CCCC3)c2)s1.NCc1ccc(S(=O)(=O)c2cccc(S(=O)(=O)N3CCCC3)c2)s1.O=S(=O)(c1cccc(S)c1)N1CCCC1.[C-]#[N+]c1ccc(Cl)s1. The molecule has 3 aliphatic rings. The summed E-state index contributed by atoms with van der Waals surface area (Å²) in [6.45, 7) is 12.3. The van der Waals surface area contributed by atoms with Crippen LogP contribution in [0.15, 0.2) is 147 Å². The molecule has 3 aromatic heterocycles. The second-order valence-electron chi connectivity index (χ2n) is 16.1. The van der Waals surface area contributed by atoms with Gasteiger partial charge in [-0.25, -0.2) is 38.5 Å². The third kappa shape index (κ3) is 15.5. The van der Waals surface area contributed by atoms with Gasteiger partial charge in [-0.05, 0) is 130 Å². The highest BCUT2D eigenvalue weighted by molar-refractivity contribution is 8.01. The van der Waals surface area contributed by atoms with Gasteiger partial charge in [0.15, 0.2) is 0 Å². The molecule has 0 atom stereocenters. The van der Waals surface area contributed by atoms with Crippen LogP contribution in [0.4, 0.5) is 5.00 Å². The summed E-state index contributed by atoms with van der Waals surface area (Å²) in [6.07, 6.45) is 5.43. The summed E-state index contributed by atoms with van der Waals surface area (Å²) in [5.74, 6) is -0.0533. The number of nitrogens with zero attached hydrogens (tertiary/aromatic N) is 4. The second-order valence-corrected chi connectivity index (χ2v) is 30.0. The van der Waals surface area contributed by atoms with E-state index in [0.29, 0.717) is 69.8 Å². The molecule has 0 radical (unpaired) electrons. The zero-order chi connectivity index (χ0) is 52.1. The van der Waals surface area contributed by atoms with Crippen LogP contribution in [0.3, 0.4) is 0 Å². The Morgan fingerprint density at radius 3 is 1.62 bits per heavy atom. The molecular formula is C47H53ClN6O9S9. The maximum Gasteiger partial charge on any atom is 0.243 e. The molecule has 6 aromatic rings. The Morgan fingerprint density at radius 2 is 1.15 bits per heavy atom. The number of hydrogen-bond acceptors (Lipinski definition) is 15. The average molecular weight is 1170 g/mol. The first kappa shape index (κ1) is 57.6. The largest absolute Gasteiger partial charge is 0.351 e. The molecule has 15 nitrogen and oxygen atoms in total. The summed E-state index contributed by atoms with van der Waals surface area (Å²) in [5, 5.41) is 3.42. The van der Waals surface area contributed by atoms with E-state index >= 15 is 0 Å². The molecule has 3 aliphatic heterocycles. The first-order valence-electron chi connectivity index (χ1n) is 22.4. The summed E-state index contributed by atoms with van der Waals surface area (Å²) >= 11 is 15.2. The van der Waals surface area contributed by atoms with Crippen LogP contribution in [0.25, 0.3) is 4.85 Å². The predicted molar refractivity (Wildman–Crippen MR) is 290 cm³/mol. The van der Waals surface area contributed by atoms with Crippen LogP contribution >= 0.6 is 70.0 Å². The van der Waals surface area contributed by atoms with Crippen molar-refractivity contribution in [2.45, 2.75) is 96.3 Å². The van der Waals surface area contributed by atoms with Crippen molar-refractivity contribution in [3.05, 3.63) is 135 Å². The van der Waals surface area contributed by atoms with Crippen LogP contribution < -0.4 is 11.1 Å². The number of amides is 1. The van der Waals surface area contributed by atoms with Crippen molar-refractivity contribution in [1.82, 2.24) is 18.2 Å². The van der Waals surface area contributed by atoms with Gasteiger partial charge in [-0.15, -0.1) is 46.6 Å². The highest BCUT2D eigenvalue weighted by atomic mass is 35.5. The monoisotopic (exact) mass is 1170 g/mol. The highest BCUT2D eigenvalue weighted by Crippen LogP contribution is 2.36. The first-order chi connectivity index (χ1) is 34.2. The zero-order valence-corrected chi connectivity index (χ0v) is 47.1. The predicted octanol–water partition coefficient (Wildman–Crippen LogP) is 9.86. The van der Waals surface area contributed by atoms with Crippen molar-refractivity contribution in [2.24, 2.45) is 5.73 Å². The minimum atomic E-state index is -3.75. The van der Waals surface area contributed by atoms with E-state index < -0.39 is 39.9 Å². The lowest BCUT2D eigenvalue weighted by atomic mass is 10.4. The number of carbonyl (C=O) groups excluding carboxylic acids is 1. The molecule has 386 valence electrons. The Hall–Kier alpha value is -3.65. The Bertz CT molecular complexity index is 3300. The zero-order valence-electron chi connectivity index (χ0n) is 38.9. The van der Waals surface area contributed by atoms with Crippen LogP contribution in [-0.4, -0.2) is 91.8 Å². The van der Waals surface area contributed by atoms with Crippen molar-refractivity contribution >= 4 is 121 Å². The van der Waals surface area contributed by atoms with Gasteiger partial charge in [0.1, 0.15) is 4.21 Å². The number of nitrogens with one attached hydrogen (secondary N) is 1. The molecule has 3 aromatic carbocycles. The van der Waals surface area contributed by atoms with E-state index in [4.69, 9.17) is 23.9 Å². The molecule has 0 saturated carbocycles. The number of sulfone groups is 1. The van der Waals surface area contributed by atoms with E-state index in [0.717, 1.165) is 68.7 Å². The van der Waals surface area contributed by atoms with Crippen LogP contribution in [0.1, 0.15) is 55.2 Å². The lowest BCUT2D eigenvalue weighted by Gasteiger charge is -2.16. The van der Waals surface area contributed by atoms with Gasteiger partial charge in [0.2, 0.25) is 50.8 Å². The molecule has 0 bridgehead atoms. The highest BCUT2D eigenvalue weighted by Gasteiger charge is 2.30. The minimum Gasteiger partial charge on any atom is -0.351 e. The van der Waals surface area contributed by atoms with Gasteiger partial charge >= 0.3 is 0 Å². The van der Waals surface area contributed by atoms with Crippen molar-refractivity contribution in [3.63, 3.8) is 0 Å². The van der Waals surface area contributed by atoms with E-state index in [1.165, 1.54) is 69.0 Å². The third-order valence-electron chi connectivity index (χ3n) is 11.0. The minimum absolute atomic E-state index is 0.0149. The van der Waals surface area contributed by atoms with E-state index in [1.807, 2.05) is 18.2 Å². The summed E-state index contributed by atoms with van der Waals surface area (Å²) in [7, 11) is -14.1. The maximum absolute atomic E-state index is 12.7. The Labute approximate surface area is 449 Å². The number of hydrogen-bond donors (Lipinski definition) is 3. The number of halogens is 1. The quantitative estimate of drug-likeness (QED) is 0.0733. The second kappa shape index (κ2) is 26.2. The molecule has 9 rings (SSSR count). The lowest BCUT2D eigenvalue weighted by Crippen LogP contribution is -2.27. The number of thiophene rings is 3. The number of rotatable bonds is 13. The van der Waals surface area contributed by atoms with Crippen molar-refractivity contribution in [1.29, 1.82) is 0 Å². The van der Waals surface area contributed by atoms with Gasteiger partial charge in [0.25, 0.3) is 0 Å². The van der Waals surface area contributed by atoms with Crippen LogP contribution in [0.2, 0.25) is 4.34 Å². The first-order valence-corrected chi connectivity index (χ1v) is 32.3. The van der Waals surface area contributed by atoms with Gasteiger partial charge in [-0.2, -0.15) is 12.9 Å². The molecule has 0 spiro atoms. The Kier molecular flexibility index (Phi) is 21.0. The van der Waals surface area contributed by atoms with Crippen LogP contribution in [-0.2, 0) is 57.8 Å². The van der Waals surface area contributed by atoms with Crippen LogP contribution in [0.5, 0.6) is 0 Å². The van der Waals surface area contributed by atoms with Crippen molar-refractivity contribution < 1.29 is 38.5 Å². The van der Waals surface area contributed by atoms with Gasteiger partial charge < -0.3 is 11.1 Å². The fourth-order valence-electron chi connectivity index (χ4n) is 7.31. The molecule has 1 amide bonds. The van der Waals surface area contributed by atoms with E-state index in [2.05, 4.69) is 22.8 Å². The summed E-state index contributed by atoms with van der Waals surface area (Å²) in [5.41, 5.74) is 5.53. The topological polar surface area (TPSA) is 206 Å². The Morgan fingerprint density at radius 1 is 0.653 bits per heavy atom. The number of nitrogens with two attached hydrogens (primary N) is 1. The lowest BCUT2D eigenvalue weighted by molar-refractivity contribution is -0.119. The molecule has 72 heavy (non-hydrogen) atoms.